The second-order valence-corrected chi connectivity index (χ2v) is 6.86. The SMILES string of the molecule is CCOc1ccc(OCC(=O)NC2Cc3[nH]c4ccc(OC)cc4c3C2)cc1. The largest absolute Gasteiger partial charge is 0.497 e. The molecule has 1 aliphatic carbocycles. The summed E-state index contributed by atoms with van der Waals surface area (Å²) in [6.07, 6.45) is 1.60. The van der Waals surface area contributed by atoms with Crippen LogP contribution in [0.15, 0.2) is 42.5 Å². The van der Waals surface area contributed by atoms with E-state index in [1.165, 1.54) is 11.3 Å². The van der Waals surface area contributed by atoms with Crippen LogP contribution in [0, 0.1) is 0 Å². The van der Waals surface area contributed by atoms with Crippen LogP contribution in [-0.2, 0) is 17.6 Å². The third-order valence-corrected chi connectivity index (χ3v) is 4.97. The van der Waals surface area contributed by atoms with E-state index in [1.54, 1.807) is 19.2 Å². The van der Waals surface area contributed by atoms with Gasteiger partial charge in [-0.3, -0.25) is 4.79 Å². The second kappa shape index (κ2) is 7.84. The average Bonchev–Trinajstić information content (AvgIpc) is 3.24. The highest BCUT2D eigenvalue weighted by atomic mass is 16.5. The predicted octanol–water partition coefficient (Wildman–Crippen LogP) is 3.24. The first-order valence-corrected chi connectivity index (χ1v) is 9.48. The summed E-state index contributed by atoms with van der Waals surface area (Å²) in [7, 11) is 1.67. The zero-order valence-electron chi connectivity index (χ0n) is 16.1. The molecule has 0 bridgehead atoms. The van der Waals surface area contributed by atoms with E-state index in [0.717, 1.165) is 35.2 Å². The van der Waals surface area contributed by atoms with Gasteiger partial charge < -0.3 is 24.5 Å². The fourth-order valence-corrected chi connectivity index (χ4v) is 3.70. The number of ether oxygens (including phenoxy) is 3. The number of methoxy groups -OCH3 is 1. The molecule has 1 amide bonds. The van der Waals surface area contributed by atoms with Gasteiger partial charge in [-0.15, -0.1) is 0 Å². The van der Waals surface area contributed by atoms with Crippen molar-refractivity contribution in [2.45, 2.75) is 25.8 Å². The van der Waals surface area contributed by atoms with Crippen LogP contribution in [-0.4, -0.2) is 37.3 Å². The number of rotatable bonds is 7. The summed E-state index contributed by atoms with van der Waals surface area (Å²) in [4.78, 5) is 15.7. The van der Waals surface area contributed by atoms with Crippen LogP contribution in [0.25, 0.3) is 10.9 Å². The van der Waals surface area contributed by atoms with Crippen LogP contribution in [0.3, 0.4) is 0 Å². The molecule has 6 heteroatoms. The Morgan fingerprint density at radius 1 is 1.07 bits per heavy atom. The molecule has 0 radical (unpaired) electrons. The molecule has 2 aromatic carbocycles. The first kappa shape index (κ1) is 18.2. The van der Waals surface area contributed by atoms with E-state index >= 15 is 0 Å². The molecule has 1 atom stereocenters. The second-order valence-electron chi connectivity index (χ2n) is 6.86. The van der Waals surface area contributed by atoms with Gasteiger partial charge in [-0.2, -0.15) is 0 Å². The molecule has 0 fully saturated rings. The summed E-state index contributed by atoms with van der Waals surface area (Å²) < 4.78 is 16.3. The minimum Gasteiger partial charge on any atom is -0.497 e. The highest BCUT2D eigenvalue weighted by Crippen LogP contribution is 2.32. The smallest absolute Gasteiger partial charge is 0.258 e. The van der Waals surface area contributed by atoms with Gasteiger partial charge in [0.15, 0.2) is 6.61 Å². The molecule has 1 aromatic heterocycles. The van der Waals surface area contributed by atoms with Crippen molar-refractivity contribution >= 4 is 16.8 Å². The van der Waals surface area contributed by atoms with Crippen LogP contribution < -0.4 is 19.5 Å². The van der Waals surface area contributed by atoms with Crippen LogP contribution in [0.4, 0.5) is 0 Å². The van der Waals surface area contributed by atoms with Crippen molar-refractivity contribution in [2.24, 2.45) is 0 Å². The quantitative estimate of drug-likeness (QED) is 0.660. The lowest BCUT2D eigenvalue weighted by Crippen LogP contribution is -2.38. The van der Waals surface area contributed by atoms with Crippen LogP contribution in [0.1, 0.15) is 18.2 Å². The molecule has 4 rings (SSSR count). The number of hydrogen-bond acceptors (Lipinski definition) is 4. The average molecular weight is 380 g/mol. The molecule has 1 unspecified atom stereocenters. The zero-order valence-corrected chi connectivity index (χ0v) is 16.1. The summed E-state index contributed by atoms with van der Waals surface area (Å²) in [6.45, 7) is 2.55. The topological polar surface area (TPSA) is 72.6 Å². The Kier molecular flexibility index (Phi) is 5.10. The van der Waals surface area contributed by atoms with E-state index in [-0.39, 0.29) is 18.6 Å². The molecule has 3 aromatic rings. The first-order valence-electron chi connectivity index (χ1n) is 9.48. The van der Waals surface area contributed by atoms with Crippen LogP contribution in [0.5, 0.6) is 17.2 Å². The molecule has 28 heavy (non-hydrogen) atoms. The standard InChI is InChI=1S/C22H24N2O4/c1-3-27-15-4-6-16(7-5-15)28-13-22(25)23-14-10-18-19-12-17(26-2)8-9-20(19)24-21(18)11-14/h4-9,12,14,24H,3,10-11,13H2,1-2H3,(H,23,25). The molecule has 1 heterocycles. The fourth-order valence-electron chi connectivity index (χ4n) is 3.70. The van der Waals surface area contributed by atoms with E-state index in [1.807, 2.05) is 37.3 Å². The number of aromatic amines is 1. The van der Waals surface area contributed by atoms with Crippen molar-refractivity contribution in [3.63, 3.8) is 0 Å². The molecule has 146 valence electrons. The maximum Gasteiger partial charge on any atom is 0.258 e. The molecule has 1 aliphatic rings. The molecule has 2 N–H and O–H groups in total. The van der Waals surface area contributed by atoms with E-state index in [9.17, 15) is 4.79 Å². The molecule has 0 saturated heterocycles. The van der Waals surface area contributed by atoms with Crippen LogP contribution >= 0.6 is 0 Å². The molecule has 0 aliphatic heterocycles. The van der Waals surface area contributed by atoms with Gasteiger partial charge in [-0.25, -0.2) is 0 Å². The lowest BCUT2D eigenvalue weighted by Gasteiger charge is -2.13. The van der Waals surface area contributed by atoms with Crippen molar-refractivity contribution in [3.05, 3.63) is 53.7 Å². The number of carbonyl (C=O) groups is 1. The van der Waals surface area contributed by atoms with E-state index in [2.05, 4.69) is 10.3 Å². The highest BCUT2D eigenvalue weighted by Gasteiger charge is 2.26. The maximum atomic E-state index is 12.3. The van der Waals surface area contributed by atoms with Crippen molar-refractivity contribution < 1.29 is 19.0 Å². The number of H-pyrrole nitrogens is 1. The lowest BCUT2D eigenvalue weighted by molar-refractivity contribution is -0.123. The van der Waals surface area contributed by atoms with Gasteiger partial charge in [0.1, 0.15) is 17.2 Å². The molecular weight excluding hydrogens is 356 g/mol. The van der Waals surface area contributed by atoms with Gasteiger partial charge in [-0.1, -0.05) is 0 Å². The minimum absolute atomic E-state index is 0.00696. The van der Waals surface area contributed by atoms with Crippen molar-refractivity contribution in [1.82, 2.24) is 10.3 Å². The Bertz CT molecular complexity index is 978. The number of carbonyl (C=O) groups excluding carboxylic acids is 1. The summed E-state index contributed by atoms with van der Waals surface area (Å²) in [5.41, 5.74) is 3.54. The van der Waals surface area contributed by atoms with Crippen molar-refractivity contribution in [3.8, 4) is 17.2 Å². The third kappa shape index (κ3) is 3.76. The Labute approximate surface area is 163 Å². The predicted molar refractivity (Wildman–Crippen MR) is 107 cm³/mol. The lowest BCUT2D eigenvalue weighted by atomic mass is 10.1. The Hall–Kier alpha value is -3.15. The Morgan fingerprint density at radius 2 is 1.79 bits per heavy atom. The first-order chi connectivity index (χ1) is 13.7. The Morgan fingerprint density at radius 3 is 2.50 bits per heavy atom. The number of fused-ring (bicyclic) bond motifs is 3. The number of hydrogen-bond donors (Lipinski definition) is 2. The molecule has 0 saturated carbocycles. The summed E-state index contributed by atoms with van der Waals surface area (Å²) in [5.74, 6) is 2.15. The van der Waals surface area contributed by atoms with Crippen LogP contribution in [0.2, 0.25) is 0 Å². The number of aromatic nitrogens is 1. The molecular formula is C22H24N2O4. The number of amides is 1. The van der Waals surface area contributed by atoms with E-state index in [0.29, 0.717) is 12.4 Å². The minimum atomic E-state index is -0.120. The van der Waals surface area contributed by atoms with Gasteiger partial charge >= 0.3 is 0 Å². The highest BCUT2D eigenvalue weighted by molar-refractivity contribution is 5.87. The van der Waals surface area contributed by atoms with E-state index in [4.69, 9.17) is 14.2 Å². The van der Waals surface area contributed by atoms with E-state index < -0.39 is 0 Å². The fraction of sp³-hybridized carbons (Fsp3) is 0.318. The maximum absolute atomic E-state index is 12.3. The van der Waals surface area contributed by atoms with Gasteiger partial charge in [0, 0.05) is 29.1 Å². The molecule has 6 nitrogen and oxygen atoms in total. The Balaban J connectivity index is 1.32. The summed E-state index contributed by atoms with van der Waals surface area (Å²) in [6, 6.07) is 13.4. The molecule has 0 spiro atoms. The normalized spacial score (nSPS) is 15.3. The van der Waals surface area contributed by atoms with Crippen molar-refractivity contribution in [1.29, 1.82) is 0 Å². The van der Waals surface area contributed by atoms with Gasteiger partial charge in [-0.05, 0) is 61.4 Å². The summed E-state index contributed by atoms with van der Waals surface area (Å²) in [5, 5.41) is 4.23. The summed E-state index contributed by atoms with van der Waals surface area (Å²) >= 11 is 0. The monoisotopic (exact) mass is 380 g/mol. The van der Waals surface area contributed by atoms with Gasteiger partial charge in [0.2, 0.25) is 0 Å². The zero-order chi connectivity index (χ0) is 19.5. The number of benzene rings is 2. The number of nitrogens with one attached hydrogen (secondary N) is 2. The van der Waals surface area contributed by atoms with Gasteiger partial charge in [0.05, 0.1) is 13.7 Å². The third-order valence-electron chi connectivity index (χ3n) is 4.97. The van der Waals surface area contributed by atoms with Gasteiger partial charge in [0.25, 0.3) is 5.91 Å². The van der Waals surface area contributed by atoms with Crippen molar-refractivity contribution in [2.75, 3.05) is 20.3 Å².